The third-order valence-corrected chi connectivity index (χ3v) is 5.71. The molecule has 0 aliphatic carbocycles. The fourth-order valence-corrected chi connectivity index (χ4v) is 4.26. The van der Waals surface area contributed by atoms with Gasteiger partial charge in [-0.05, 0) is 80.9 Å². The number of hydrogen-bond donors (Lipinski definition) is 0. The van der Waals surface area contributed by atoms with Crippen molar-refractivity contribution in [2.75, 3.05) is 13.7 Å². The molecule has 146 valence electrons. The zero-order valence-corrected chi connectivity index (χ0v) is 17.3. The number of nitrogens with zero attached hydrogens (tertiary/aromatic N) is 2. The highest BCUT2D eigenvalue weighted by molar-refractivity contribution is 8.18. The summed E-state index contributed by atoms with van der Waals surface area (Å²) in [4.78, 5) is 37.7. The molecule has 0 bridgehead atoms. The largest absolute Gasteiger partial charge is 0.465 e. The maximum atomic E-state index is 12.4. The number of methoxy groups -OCH3 is 1. The molecule has 1 aromatic heterocycles. The molecule has 0 unspecified atom stereocenters. The molecular weight excluding hydrogens is 376 g/mol. The Morgan fingerprint density at radius 2 is 1.89 bits per heavy atom. The summed E-state index contributed by atoms with van der Waals surface area (Å²) in [5, 5.41) is -0.234. The number of amides is 2. The molecule has 3 rings (SSSR count). The van der Waals surface area contributed by atoms with Gasteiger partial charge in [0.1, 0.15) is 0 Å². The van der Waals surface area contributed by atoms with E-state index in [1.807, 2.05) is 32.9 Å². The van der Waals surface area contributed by atoms with Crippen LogP contribution in [0.2, 0.25) is 0 Å². The number of aromatic nitrogens is 1. The van der Waals surface area contributed by atoms with Crippen molar-refractivity contribution in [3.63, 3.8) is 0 Å². The van der Waals surface area contributed by atoms with Crippen molar-refractivity contribution in [3.8, 4) is 5.69 Å². The number of carbonyl (C=O) groups excluding carboxylic acids is 3. The van der Waals surface area contributed by atoms with Gasteiger partial charge in [0, 0.05) is 23.6 Å². The molecule has 1 saturated heterocycles. The van der Waals surface area contributed by atoms with Gasteiger partial charge in [0.05, 0.1) is 17.6 Å². The monoisotopic (exact) mass is 398 g/mol. The fourth-order valence-electron chi connectivity index (χ4n) is 3.37. The van der Waals surface area contributed by atoms with Crippen LogP contribution in [0.4, 0.5) is 4.79 Å². The lowest BCUT2D eigenvalue weighted by Gasteiger charge is -2.14. The second kappa shape index (κ2) is 7.67. The van der Waals surface area contributed by atoms with Gasteiger partial charge in [-0.1, -0.05) is 0 Å². The molecule has 0 N–H and O–H groups in total. The van der Waals surface area contributed by atoms with E-state index in [1.165, 1.54) is 12.0 Å². The third-order valence-electron chi connectivity index (χ3n) is 4.81. The number of aryl methyl sites for hydroxylation is 2. The molecule has 2 heterocycles. The lowest BCUT2D eigenvalue weighted by Crippen LogP contribution is -2.27. The first-order chi connectivity index (χ1) is 13.3. The van der Waals surface area contributed by atoms with Crippen molar-refractivity contribution in [2.45, 2.75) is 27.7 Å². The maximum Gasteiger partial charge on any atom is 0.337 e. The van der Waals surface area contributed by atoms with E-state index in [0.717, 1.165) is 40.0 Å². The van der Waals surface area contributed by atoms with Crippen molar-refractivity contribution in [2.24, 2.45) is 0 Å². The van der Waals surface area contributed by atoms with Crippen LogP contribution >= 0.6 is 11.8 Å². The Kier molecular flexibility index (Phi) is 5.47. The number of esters is 1. The van der Waals surface area contributed by atoms with Gasteiger partial charge in [-0.3, -0.25) is 14.5 Å². The molecule has 0 atom stereocenters. The highest BCUT2D eigenvalue weighted by Crippen LogP contribution is 2.33. The van der Waals surface area contributed by atoms with Crippen molar-refractivity contribution in [1.29, 1.82) is 0 Å². The third kappa shape index (κ3) is 3.38. The molecule has 0 radical (unpaired) electrons. The van der Waals surface area contributed by atoms with Crippen molar-refractivity contribution in [1.82, 2.24) is 9.47 Å². The van der Waals surface area contributed by atoms with E-state index in [-0.39, 0.29) is 17.1 Å². The quantitative estimate of drug-likeness (QED) is 0.569. The van der Waals surface area contributed by atoms with E-state index in [9.17, 15) is 14.4 Å². The van der Waals surface area contributed by atoms with Gasteiger partial charge in [0.25, 0.3) is 11.1 Å². The minimum Gasteiger partial charge on any atom is -0.465 e. The Labute approximate surface area is 168 Å². The zero-order chi connectivity index (χ0) is 20.6. The molecular formula is C21H22N2O4S. The summed E-state index contributed by atoms with van der Waals surface area (Å²) in [6.45, 7) is 8.04. The van der Waals surface area contributed by atoms with Gasteiger partial charge in [-0.2, -0.15) is 0 Å². The topological polar surface area (TPSA) is 68.6 Å². The van der Waals surface area contributed by atoms with Crippen molar-refractivity contribution < 1.29 is 19.1 Å². The van der Waals surface area contributed by atoms with E-state index < -0.39 is 0 Å². The van der Waals surface area contributed by atoms with Crippen LogP contribution in [0.1, 0.15) is 39.8 Å². The van der Waals surface area contributed by atoms with E-state index >= 15 is 0 Å². The number of benzene rings is 1. The van der Waals surface area contributed by atoms with Crippen LogP contribution < -0.4 is 0 Å². The van der Waals surface area contributed by atoms with Gasteiger partial charge < -0.3 is 9.30 Å². The Morgan fingerprint density at radius 3 is 2.46 bits per heavy atom. The molecule has 6 nitrogen and oxygen atoms in total. The molecule has 1 aliphatic rings. The number of imide groups is 1. The summed E-state index contributed by atoms with van der Waals surface area (Å²) in [5.41, 5.74) is 5.21. The van der Waals surface area contributed by atoms with E-state index in [0.29, 0.717) is 17.0 Å². The van der Waals surface area contributed by atoms with Gasteiger partial charge in [0.15, 0.2) is 0 Å². The second-order valence-corrected chi connectivity index (χ2v) is 7.57. The molecule has 1 aliphatic heterocycles. The number of hydrogen-bond acceptors (Lipinski definition) is 5. The Balaban J connectivity index is 2.02. The average molecular weight is 398 g/mol. The van der Waals surface area contributed by atoms with Crippen molar-refractivity contribution in [3.05, 3.63) is 57.2 Å². The van der Waals surface area contributed by atoms with E-state index in [4.69, 9.17) is 4.74 Å². The normalized spacial score (nSPS) is 15.6. The predicted molar refractivity (Wildman–Crippen MR) is 110 cm³/mol. The summed E-state index contributed by atoms with van der Waals surface area (Å²) in [6.07, 6.45) is 1.78. The second-order valence-electron chi connectivity index (χ2n) is 6.58. The highest BCUT2D eigenvalue weighted by Gasteiger charge is 2.33. The fraction of sp³-hybridized carbons (Fsp3) is 0.286. The summed E-state index contributed by atoms with van der Waals surface area (Å²) >= 11 is 0.970. The molecule has 1 aromatic carbocycles. The number of thioether (sulfide) groups is 1. The molecule has 7 heteroatoms. The SMILES string of the molecule is CCN1C(=O)S/C(=C/c2cc(C)n(-c3ccc(C(=O)OC)cc3C)c2C)C1=O. The van der Waals surface area contributed by atoms with Gasteiger partial charge in [-0.15, -0.1) is 0 Å². The minimum atomic E-state index is -0.372. The lowest BCUT2D eigenvalue weighted by atomic mass is 10.1. The molecule has 28 heavy (non-hydrogen) atoms. The summed E-state index contributed by atoms with van der Waals surface area (Å²) in [5.74, 6) is -0.621. The van der Waals surface area contributed by atoms with Crippen LogP contribution in [-0.2, 0) is 9.53 Å². The highest BCUT2D eigenvalue weighted by atomic mass is 32.2. The standard InChI is InChI=1S/C21H22N2O4S/c1-6-22-19(24)18(28-21(22)26)11-16-10-13(3)23(14(16)4)17-8-7-15(9-12(17)2)20(25)27-5/h7-11H,6H2,1-5H3/b18-11+. The molecule has 1 fully saturated rings. The molecule has 2 aromatic rings. The van der Waals surface area contributed by atoms with Crippen LogP contribution in [0, 0.1) is 20.8 Å². The predicted octanol–water partition coefficient (Wildman–Crippen LogP) is 4.25. The first-order valence-electron chi connectivity index (χ1n) is 8.92. The first-order valence-corrected chi connectivity index (χ1v) is 9.73. The summed E-state index contributed by atoms with van der Waals surface area (Å²) in [7, 11) is 1.36. The van der Waals surface area contributed by atoms with Crippen LogP contribution in [0.25, 0.3) is 11.8 Å². The minimum absolute atomic E-state index is 0.234. The van der Waals surface area contributed by atoms with Crippen molar-refractivity contribution >= 4 is 35.0 Å². The number of rotatable bonds is 4. The number of ether oxygens (including phenoxy) is 1. The summed E-state index contributed by atoms with van der Waals surface area (Å²) < 4.78 is 6.86. The van der Waals surface area contributed by atoms with Gasteiger partial charge in [-0.25, -0.2) is 4.79 Å². The van der Waals surface area contributed by atoms with E-state index in [2.05, 4.69) is 4.57 Å². The summed E-state index contributed by atoms with van der Waals surface area (Å²) in [6, 6.07) is 7.41. The number of carbonyl (C=O) groups is 3. The molecule has 2 amide bonds. The van der Waals surface area contributed by atoms with E-state index in [1.54, 1.807) is 25.1 Å². The van der Waals surface area contributed by atoms with Crippen LogP contribution in [0.15, 0.2) is 29.2 Å². The lowest BCUT2D eigenvalue weighted by molar-refractivity contribution is -0.122. The molecule has 0 spiro atoms. The first kappa shape index (κ1) is 19.9. The average Bonchev–Trinajstić information content (AvgIpc) is 3.09. The zero-order valence-electron chi connectivity index (χ0n) is 16.5. The maximum absolute atomic E-state index is 12.4. The smallest absolute Gasteiger partial charge is 0.337 e. The van der Waals surface area contributed by atoms with Gasteiger partial charge in [0.2, 0.25) is 0 Å². The van der Waals surface area contributed by atoms with Crippen LogP contribution in [0.5, 0.6) is 0 Å². The van der Waals surface area contributed by atoms with Gasteiger partial charge >= 0.3 is 5.97 Å². The molecule has 0 saturated carbocycles. The van der Waals surface area contributed by atoms with Crippen LogP contribution in [-0.4, -0.2) is 40.2 Å². The Bertz CT molecular complexity index is 1020. The number of likely N-dealkylation sites (N-methyl/N-ethyl adjacent to an activating group) is 1. The van der Waals surface area contributed by atoms with Crippen LogP contribution in [0.3, 0.4) is 0 Å². The Hall–Kier alpha value is -2.80. The Morgan fingerprint density at radius 1 is 1.18 bits per heavy atom.